The summed E-state index contributed by atoms with van der Waals surface area (Å²) in [5, 5.41) is 11.2. The number of hydrogen-bond acceptors (Lipinski definition) is 4. The molecule has 0 unspecified atom stereocenters. The molecule has 0 atom stereocenters. The predicted octanol–water partition coefficient (Wildman–Crippen LogP) is 3.08. The molecule has 0 aliphatic heterocycles. The Morgan fingerprint density at radius 1 is 1.00 bits per heavy atom. The Labute approximate surface area is 144 Å². The minimum absolute atomic E-state index is 0.178. The van der Waals surface area contributed by atoms with Crippen LogP contribution in [0.25, 0.3) is 0 Å². The van der Waals surface area contributed by atoms with Gasteiger partial charge in [0.05, 0.1) is 0 Å². The maximum absolute atomic E-state index is 12.1. The molecule has 0 aliphatic carbocycles. The number of nitrogens with zero attached hydrogens (tertiary/aromatic N) is 3. The molecule has 128 valence electrons. The van der Waals surface area contributed by atoms with Crippen LogP contribution in [0.4, 0.5) is 5.82 Å². The highest BCUT2D eigenvalue weighted by Gasteiger charge is 2.10. The number of hydrogen-bond donors (Lipinski definition) is 1. The minimum atomic E-state index is -0.178. The number of amides is 1. The molecule has 2 rings (SSSR count). The zero-order chi connectivity index (χ0) is 17.2. The maximum atomic E-state index is 12.1. The van der Waals surface area contributed by atoms with Crippen molar-refractivity contribution in [3.8, 4) is 0 Å². The van der Waals surface area contributed by atoms with Gasteiger partial charge < -0.3 is 10.2 Å². The molecule has 0 radical (unpaired) electrons. The van der Waals surface area contributed by atoms with Gasteiger partial charge in [0.1, 0.15) is 0 Å². The van der Waals surface area contributed by atoms with Crippen molar-refractivity contribution >= 4 is 11.7 Å². The summed E-state index contributed by atoms with van der Waals surface area (Å²) in [6, 6.07) is 13.7. The highest BCUT2D eigenvalue weighted by atomic mass is 16.1. The number of anilines is 1. The average molecular weight is 326 g/mol. The summed E-state index contributed by atoms with van der Waals surface area (Å²) in [4.78, 5) is 14.3. The van der Waals surface area contributed by atoms with E-state index in [4.69, 9.17) is 0 Å². The standard InChI is InChI=1S/C19H26N4O/c1-3-14-23(15-4-2)18-11-10-17(21-22-18)19(24)20-13-12-16-8-6-5-7-9-16/h5-11H,3-4,12-15H2,1-2H3,(H,20,24). The third-order valence-electron chi connectivity index (χ3n) is 3.74. The molecule has 1 amide bonds. The first kappa shape index (κ1) is 17.9. The van der Waals surface area contributed by atoms with Crippen LogP contribution < -0.4 is 10.2 Å². The van der Waals surface area contributed by atoms with Crippen molar-refractivity contribution < 1.29 is 4.79 Å². The molecule has 2 aromatic rings. The Kier molecular flexibility index (Phi) is 7.21. The fourth-order valence-corrected chi connectivity index (χ4v) is 2.55. The highest BCUT2D eigenvalue weighted by Crippen LogP contribution is 2.11. The van der Waals surface area contributed by atoms with Gasteiger partial charge in [-0.3, -0.25) is 4.79 Å². The van der Waals surface area contributed by atoms with Crippen molar-refractivity contribution in [3.05, 3.63) is 53.7 Å². The van der Waals surface area contributed by atoms with Crippen LogP contribution in [0.3, 0.4) is 0 Å². The summed E-state index contributed by atoms with van der Waals surface area (Å²) in [5.74, 6) is 0.655. The van der Waals surface area contributed by atoms with E-state index >= 15 is 0 Å². The van der Waals surface area contributed by atoms with Gasteiger partial charge in [-0.2, -0.15) is 0 Å². The average Bonchev–Trinajstić information content (AvgIpc) is 2.62. The molecule has 0 aliphatic rings. The largest absolute Gasteiger partial charge is 0.355 e. The van der Waals surface area contributed by atoms with Crippen LogP contribution in [-0.2, 0) is 6.42 Å². The molecule has 5 nitrogen and oxygen atoms in total. The number of carbonyl (C=O) groups excluding carboxylic acids is 1. The molecular weight excluding hydrogens is 300 g/mol. The number of carbonyl (C=O) groups is 1. The van der Waals surface area contributed by atoms with Crippen LogP contribution >= 0.6 is 0 Å². The normalized spacial score (nSPS) is 10.4. The lowest BCUT2D eigenvalue weighted by molar-refractivity contribution is 0.0948. The van der Waals surface area contributed by atoms with Crippen LogP contribution in [0.2, 0.25) is 0 Å². The maximum Gasteiger partial charge on any atom is 0.271 e. The second-order valence-corrected chi connectivity index (χ2v) is 5.76. The van der Waals surface area contributed by atoms with Crippen molar-refractivity contribution in [1.29, 1.82) is 0 Å². The Bertz CT molecular complexity index is 607. The first-order chi connectivity index (χ1) is 11.7. The quantitative estimate of drug-likeness (QED) is 0.769. The van der Waals surface area contributed by atoms with E-state index in [2.05, 4.69) is 46.4 Å². The Balaban J connectivity index is 1.88. The molecule has 1 aromatic heterocycles. The van der Waals surface area contributed by atoms with Crippen molar-refractivity contribution in [1.82, 2.24) is 15.5 Å². The van der Waals surface area contributed by atoms with Crippen molar-refractivity contribution in [2.75, 3.05) is 24.5 Å². The second kappa shape index (κ2) is 9.65. The fourth-order valence-electron chi connectivity index (χ4n) is 2.55. The molecule has 0 spiro atoms. The van der Waals surface area contributed by atoms with Crippen molar-refractivity contribution in [2.45, 2.75) is 33.1 Å². The molecule has 5 heteroatoms. The first-order valence-corrected chi connectivity index (χ1v) is 8.65. The summed E-state index contributed by atoms with van der Waals surface area (Å²) in [6.45, 7) is 6.77. The lowest BCUT2D eigenvalue weighted by Gasteiger charge is -2.21. The zero-order valence-electron chi connectivity index (χ0n) is 14.5. The smallest absolute Gasteiger partial charge is 0.271 e. The monoisotopic (exact) mass is 326 g/mol. The third kappa shape index (κ3) is 5.33. The van der Waals surface area contributed by atoms with Gasteiger partial charge in [0.2, 0.25) is 0 Å². The number of nitrogens with one attached hydrogen (secondary N) is 1. The van der Waals surface area contributed by atoms with Crippen LogP contribution in [0, 0.1) is 0 Å². The van der Waals surface area contributed by atoms with Gasteiger partial charge in [0, 0.05) is 19.6 Å². The summed E-state index contributed by atoms with van der Waals surface area (Å²) in [6.07, 6.45) is 2.92. The van der Waals surface area contributed by atoms with Gasteiger partial charge in [-0.15, -0.1) is 10.2 Å². The minimum Gasteiger partial charge on any atom is -0.355 e. The van der Waals surface area contributed by atoms with Gasteiger partial charge in [-0.1, -0.05) is 44.2 Å². The van der Waals surface area contributed by atoms with Gasteiger partial charge in [0.15, 0.2) is 11.5 Å². The van der Waals surface area contributed by atoms with Gasteiger partial charge in [-0.05, 0) is 37.0 Å². The Hall–Kier alpha value is -2.43. The molecule has 1 N–H and O–H groups in total. The molecule has 0 fully saturated rings. The number of aromatic nitrogens is 2. The molecule has 0 bridgehead atoms. The zero-order valence-corrected chi connectivity index (χ0v) is 14.5. The molecule has 24 heavy (non-hydrogen) atoms. The lowest BCUT2D eigenvalue weighted by Crippen LogP contribution is -2.28. The summed E-state index contributed by atoms with van der Waals surface area (Å²) in [7, 11) is 0. The Morgan fingerprint density at radius 2 is 1.71 bits per heavy atom. The van der Waals surface area contributed by atoms with Crippen LogP contribution in [0.1, 0.15) is 42.7 Å². The van der Waals surface area contributed by atoms with E-state index in [0.717, 1.165) is 38.2 Å². The van der Waals surface area contributed by atoms with Crippen LogP contribution in [0.5, 0.6) is 0 Å². The molecule has 1 heterocycles. The topological polar surface area (TPSA) is 58.1 Å². The van der Waals surface area contributed by atoms with Gasteiger partial charge in [-0.25, -0.2) is 0 Å². The summed E-state index contributed by atoms with van der Waals surface area (Å²) < 4.78 is 0. The SMILES string of the molecule is CCCN(CCC)c1ccc(C(=O)NCCc2ccccc2)nn1. The molecule has 0 saturated carbocycles. The molecule has 0 saturated heterocycles. The Morgan fingerprint density at radius 3 is 2.29 bits per heavy atom. The van der Waals surface area contributed by atoms with E-state index in [-0.39, 0.29) is 5.91 Å². The van der Waals surface area contributed by atoms with E-state index in [0.29, 0.717) is 12.2 Å². The predicted molar refractivity (Wildman–Crippen MR) is 97.3 cm³/mol. The van der Waals surface area contributed by atoms with Crippen molar-refractivity contribution in [2.24, 2.45) is 0 Å². The lowest BCUT2D eigenvalue weighted by atomic mass is 10.1. The second-order valence-electron chi connectivity index (χ2n) is 5.76. The van der Waals surface area contributed by atoms with E-state index in [1.165, 1.54) is 5.56 Å². The summed E-state index contributed by atoms with van der Waals surface area (Å²) in [5.41, 5.74) is 1.56. The molecular formula is C19H26N4O. The van der Waals surface area contributed by atoms with E-state index in [1.54, 1.807) is 6.07 Å². The van der Waals surface area contributed by atoms with Crippen LogP contribution in [-0.4, -0.2) is 35.7 Å². The fraction of sp³-hybridized carbons (Fsp3) is 0.421. The van der Waals surface area contributed by atoms with E-state index in [1.807, 2.05) is 24.3 Å². The summed E-state index contributed by atoms with van der Waals surface area (Å²) >= 11 is 0. The first-order valence-electron chi connectivity index (χ1n) is 8.65. The molecule has 1 aromatic carbocycles. The highest BCUT2D eigenvalue weighted by molar-refractivity contribution is 5.92. The van der Waals surface area contributed by atoms with E-state index in [9.17, 15) is 4.79 Å². The van der Waals surface area contributed by atoms with Gasteiger partial charge in [0.25, 0.3) is 5.91 Å². The third-order valence-corrected chi connectivity index (χ3v) is 3.74. The van der Waals surface area contributed by atoms with Gasteiger partial charge >= 0.3 is 0 Å². The van der Waals surface area contributed by atoms with E-state index < -0.39 is 0 Å². The number of benzene rings is 1. The van der Waals surface area contributed by atoms with Crippen molar-refractivity contribution in [3.63, 3.8) is 0 Å². The number of rotatable bonds is 9. The van der Waals surface area contributed by atoms with Crippen LogP contribution in [0.15, 0.2) is 42.5 Å².